The zero-order valence-electron chi connectivity index (χ0n) is 5.84. The monoisotopic (exact) mass is 84.1 g/mol. The van der Waals surface area contributed by atoms with E-state index in [0.29, 0.717) is 0 Å². The van der Waals surface area contributed by atoms with Crippen LogP contribution in [0.2, 0.25) is 0 Å². The molecule has 0 atom stereocenters. The van der Waals surface area contributed by atoms with Crippen LogP contribution in [0.3, 0.4) is 0 Å². The van der Waals surface area contributed by atoms with Crippen LogP contribution in [0.5, 0.6) is 0 Å². The molecule has 1 heterocycles. The molecule has 0 spiro atoms. The molecular formula is C3H3N3. The zero-order valence-corrected chi connectivity index (χ0v) is 2.84. The zero-order chi connectivity index (χ0) is 6.85. The van der Waals surface area contributed by atoms with E-state index in [0.717, 1.165) is 0 Å². The van der Waals surface area contributed by atoms with Gasteiger partial charge in [-0.1, -0.05) is 0 Å². The Hall–Kier alpha value is -0.990. The third-order valence-corrected chi connectivity index (χ3v) is 0.300. The van der Waals surface area contributed by atoms with E-state index in [9.17, 15) is 0 Å². The molecule has 0 bridgehead atoms. The van der Waals surface area contributed by atoms with Crippen molar-refractivity contribution in [1.82, 2.24) is 15.0 Å². The van der Waals surface area contributed by atoms with Gasteiger partial charge in [-0.2, -0.15) is 0 Å². The van der Waals surface area contributed by atoms with Crippen molar-refractivity contribution in [2.75, 3.05) is 0 Å². The van der Waals surface area contributed by atoms with Gasteiger partial charge in [0, 0.05) is 0 Å². The molecule has 3 heteroatoms. The topological polar surface area (TPSA) is 38.7 Å². The molecular weight excluding hydrogens is 78.1 g/mol. The maximum absolute atomic E-state index is 6.77. The van der Waals surface area contributed by atoms with Gasteiger partial charge in [0.2, 0.25) is 0 Å². The summed E-state index contributed by atoms with van der Waals surface area (Å²) in [7, 11) is 0. The molecule has 3 nitrogen and oxygen atoms in total. The van der Waals surface area contributed by atoms with Crippen molar-refractivity contribution in [3.05, 3.63) is 18.9 Å². The highest BCUT2D eigenvalue weighted by atomic mass is 14.9. The number of aromatic nitrogens is 3. The molecule has 0 aliphatic rings. The fourth-order valence-corrected chi connectivity index (χ4v) is 0.142. The van der Waals surface area contributed by atoms with E-state index in [1.165, 1.54) is 0 Å². The van der Waals surface area contributed by atoms with Crippen molar-refractivity contribution in [2.45, 2.75) is 0 Å². The number of hydrogen-bond donors (Lipinski definition) is 0. The van der Waals surface area contributed by atoms with Gasteiger partial charge in [0.15, 0.2) is 0 Å². The van der Waals surface area contributed by atoms with E-state index in [4.69, 9.17) is 4.11 Å². The minimum Gasteiger partial charge on any atom is -0.225 e. The molecule has 1 aromatic heterocycles. The summed E-state index contributed by atoms with van der Waals surface area (Å²) in [5, 5.41) is 0. The molecule has 1 rings (SSSR count). The fraction of sp³-hybridized carbons (Fsp3) is 0. The molecule has 6 heavy (non-hydrogen) atoms. The molecule has 0 aliphatic carbocycles. The Morgan fingerprint density at radius 2 is 1.33 bits per heavy atom. The molecule has 0 saturated carbocycles. The summed E-state index contributed by atoms with van der Waals surface area (Å²) >= 11 is 0. The lowest BCUT2D eigenvalue weighted by Crippen LogP contribution is -1.73. The minimum atomic E-state index is -0.333. The number of rotatable bonds is 0. The van der Waals surface area contributed by atoms with E-state index in [2.05, 4.69) is 15.0 Å². The average molecular weight is 84.1 g/mol. The van der Waals surface area contributed by atoms with Crippen LogP contribution in [0.4, 0.5) is 0 Å². The Morgan fingerprint density at radius 1 is 1.00 bits per heavy atom. The molecule has 0 fully saturated rings. The smallest absolute Gasteiger partial charge is 0.119 e. The Kier molecular flexibility index (Phi) is 0.303. The molecule has 1 aromatic rings. The quantitative estimate of drug-likeness (QED) is 0.439. The lowest BCUT2D eigenvalue weighted by atomic mass is 11.1. The summed E-state index contributed by atoms with van der Waals surface area (Å²) in [6, 6.07) is 0. The third-order valence-electron chi connectivity index (χ3n) is 0.300. The molecule has 30 valence electrons. The first-order valence-corrected chi connectivity index (χ1v) is 1.34. The maximum Gasteiger partial charge on any atom is 0.119 e. The Balaban J connectivity index is 3.17. The first-order chi connectivity index (χ1) is 4.18. The van der Waals surface area contributed by atoms with E-state index in [1.807, 2.05) is 0 Å². The lowest BCUT2D eigenvalue weighted by Gasteiger charge is -1.69. The van der Waals surface area contributed by atoms with Gasteiger partial charge >= 0.3 is 0 Å². The van der Waals surface area contributed by atoms with Crippen LogP contribution in [0, 0.1) is 0 Å². The molecule has 0 aliphatic heterocycles. The van der Waals surface area contributed by atoms with Gasteiger partial charge in [-0.15, -0.1) is 0 Å². The molecule has 0 unspecified atom stereocenters. The van der Waals surface area contributed by atoms with Gasteiger partial charge in [0.05, 0.1) is 0 Å². The van der Waals surface area contributed by atoms with Crippen molar-refractivity contribution in [3.8, 4) is 0 Å². The standard InChI is InChI=1S/C3H3N3/c1-4-2-6-3-5-1/h1-3H/i1D,2D,3D. The predicted octanol–water partition coefficient (Wildman–Crippen LogP) is -0.128. The third kappa shape index (κ3) is 0.484. The highest BCUT2D eigenvalue weighted by Gasteiger charge is 1.59. The SMILES string of the molecule is [2H]c1nc([2H])nc([2H])n1. The van der Waals surface area contributed by atoms with Gasteiger partial charge in [0.1, 0.15) is 23.0 Å². The first-order valence-electron chi connectivity index (χ1n) is 2.84. The van der Waals surface area contributed by atoms with Gasteiger partial charge in [-0.3, -0.25) is 0 Å². The van der Waals surface area contributed by atoms with E-state index in [-0.39, 0.29) is 18.9 Å². The van der Waals surface area contributed by atoms with Crippen LogP contribution < -0.4 is 0 Å². The minimum absolute atomic E-state index is 0.333. The van der Waals surface area contributed by atoms with Crippen LogP contribution in [-0.4, -0.2) is 15.0 Å². The van der Waals surface area contributed by atoms with E-state index < -0.39 is 0 Å². The Labute approximate surface area is 39.3 Å². The summed E-state index contributed by atoms with van der Waals surface area (Å²) in [6.07, 6.45) is -1.000. The lowest BCUT2D eigenvalue weighted by molar-refractivity contribution is 1.05. The number of nitrogens with zero attached hydrogens (tertiary/aromatic N) is 3. The van der Waals surface area contributed by atoms with Crippen molar-refractivity contribution in [1.29, 1.82) is 0 Å². The van der Waals surface area contributed by atoms with Gasteiger partial charge in [-0.25, -0.2) is 15.0 Å². The van der Waals surface area contributed by atoms with Crippen molar-refractivity contribution < 1.29 is 4.11 Å². The summed E-state index contributed by atoms with van der Waals surface area (Å²) < 4.78 is 20.3. The molecule has 0 radical (unpaired) electrons. The van der Waals surface area contributed by atoms with Crippen LogP contribution in [0.25, 0.3) is 0 Å². The molecule has 0 N–H and O–H groups in total. The Morgan fingerprint density at radius 3 is 1.67 bits per heavy atom. The maximum atomic E-state index is 6.77. The van der Waals surface area contributed by atoms with Gasteiger partial charge < -0.3 is 0 Å². The first kappa shape index (κ1) is 1.26. The summed E-state index contributed by atoms with van der Waals surface area (Å²) in [5.41, 5.74) is 0. The normalized spacial score (nSPS) is 15.0. The van der Waals surface area contributed by atoms with Crippen LogP contribution in [0.1, 0.15) is 4.11 Å². The Bertz CT molecular complexity index is 175. The molecule has 0 aromatic carbocycles. The highest BCUT2D eigenvalue weighted by molar-refractivity contribution is 4.51. The van der Waals surface area contributed by atoms with Crippen LogP contribution >= 0.6 is 0 Å². The average Bonchev–Trinajstić information content (AvgIpc) is 1.59. The largest absolute Gasteiger partial charge is 0.225 e. The van der Waals surface area contributed by atoms with Gasteiger partial charge in [-0.05, 0) is 0 Å². The van der Waals surface area contributed by atoms with Crippen molar-refractivity contribution in [3.63, 3.8) is 0 Å². The van der Waals surface area contributed by atoms with Crippen molar-refractivity contribution >= 4 is 0 Å². The predicted molar refractivity (Wildman–Crippen MR) is 19.8 cm³/mol. The van der Waals surface area contributed by atoms with Gasteiger partial charge in [0.25, 0.3) is 0 Å². The van der Waals surface area contributed by atoms with E-state index >= 15 is 0 Å². The second-order valence-electron chi connectivity index (χ2n) is 0.635. The molecule has 0 amide bonds. The summed E-state index contributed by atoms with van der Waals surface area (Å²) in [6.45, 7) is 0. The number of hydrogen-bond acceptors (Lipinski definition) is 3. The van der Waals surface area contributed by atoms with Crippen molar-refractivity contribution in [2.24, 2.45) is 0 Å². The van der Waals surface area contributed by atoms with Crippen LogP contribution in [-0.2, 0) is 0 Å². The summed E-state index contributed by atoms with van der Waals surface area (Å²) in [5.74, 6) is 0. The fourth-order valence-electron chi connectivity index (χ4n) is 0.142. The second kappa shape index (κ2) is 1.45. The highest BCUT2D eigenvalue weighted by Crippen LogP contribution is 1.57. The molecule has 0 saturated heterocycles. The second-order valence-corrected chi connectivity index (χ2v) is 0.635. The van der Waals surface area contributed by atoms with E-state index in [1.54, 1.807) is 0 Å². The van der Waals surface area contributed by atoms with Crippen LogP contribution in [0.15, 0.2) is 18.9 Å². The summed E-state index contributed by atoms with van der Waals surface area (Å²) in [4.78, 5) is 9.68.